The lowest BCUT2D eigenvalue weighted by Gasteiger charge is -2.33. The van der Waals surface area contributed by atoms with Gasteiger partial charge in [0.15, 0.2) is 0 Å². The Morgan fingerprint density at radius 2 is 1.71 bits per heavy atom. The summed E-state index contributed by atoms with van der Waals surface area (Å²) in [7, 11) is -3.98. The normalized spacial score (nSPS) is 15.0. The van der Waals surface area contributed by atoms with Gasteiger partial charge in [0.25, 0.3) is 0 Å². The van der Waals surface area contributed by atoms with Crippen LogP contribution in [0.15, 0.2) is 48.5 Å². The molecule has 7 nitrogen and oxygen atoms in total. The van der Waals surface area contributed by atoms with E-state index in [1.165, 1.54) is 23.1 Å². The van der Waals surface area contributed by atoms with E-state index in [1.807, 2.05) is 38.1 Å². The zero-order chi connectivity index (χ0) is 25.6. The maximum absolute atomic E-state index is 14.5. The number of carbonyl (C=O) groups is 2. The lowest BCUT2D eigenvalue weighted by molar-refractivity contribution is -0.140. The van der Waals surface area contributed by atoms with Crippen LogP contribution in [-0.2, 0) is 26.2 Å². The van der Waals surface area contributed by atoms with Gasteiger partial charge in [-0.15, -0.1) is 0 Å². The number of aryl methyl sites for hydroxylation is 1. The molecule has 2 aromatic rings. The van der Waals surface area contributed by atoms with Gasteiger partial charge >= 0.3 is 0 Å². The van der Waals surface area contributed by atoms with Crippen molar-refractivity contribution in [2.24, 2.45) is 0 Å². The van der Waals surface area contributed by atoms with Crippen molar-refractivity contribution in [2.75, 3.05) is 17.1 Å². The van der Waals surface area contributed by atoms with E-state index >= 15 is 0 Å². The number of anilines is 1. The summed E-state index contributed by atoms with van der Waals surface area (Å²) in [6.07, 6.45) is 5.21. The van der Waals surface area contributed by atoms with E-state index in [0.717, 1.165) is 53.4 Å². The topological polar surface area (TPSA) is 86.8 Å². The third-order valence-corrected chi connectivity index (χ3v) is 7.62. The maximum Gasteiger partial charge on any atom is 0.244 e. The second-order valence-corrected chi connectivity index (χ2v) is 11.0. The van der Waals surface area contributed by atoms with Crippen molar-refractivity contribution < 1.29 is 22.4 Å². The van der Waals surface area contributed by atoms with Crippen LogP contribution >= 0.6 is 0 Å². The summed E-state index contributed by atoms with van der Waals surface area (Å²) in [6, 6.07) is 12.3. The molecule has 1 fully saturated rings. The number of nitrogens with zero attached hydrogens (tertiary/aromatic N) is 2. The van der Waals surface area contributed by atoms with E-state index in [2.05, 4.69) is 5.32 Å². The molecule has 0 bridgehead atoms. The molecule has 0 heterocycles. The summed E-state index contributed by atoms with van der Waals surface area (Å²) in [5, 5.41) is 3.07. The van der Waals surface area contributed by atoms with E-state index in [1.54, 1.807) is 0 Å². The van der Waals surface area contributed by atoms with Gasteiger partial charge in [-0.05, 0) is 49.4 Å². The van der Waals surface area contributed by atoms with Gasteiger partial charge in [0, 0.05) is 12.6 Å². The number of rotatable bonds is 10. The Kier molecular flexibility index (Phi) is 8.88. The highest BCUT2D eigenvalue weighted by Crippen LogP contribution is 2.24. The fraction of sp³-hybridized carbons (Fsp3) is 0.462. The zero-order valence-electron chi connectivity index (χ0n) is 20.5. The van der Waals surface area contributed by atoms with Crippen LogP contribution in [0.3, 0.4) is 0 Å². The van der Waals surface area contributed by atoms with Crippen LogP contribution in [0.5, 0.6) is 0 Å². The first-order chi connectivity index (χ1) is 16.6. The van der Waals surface area contributed by atoms with Gasteiger partial charge in [0.1, 0.15) is 18.4 Å². The van der Waals surface area contributed by atoms with E-state index in [9.17, 15) is 22.4 Å². The van der Waals surface area contributed by atoms with Crippen LogP contribution < -0.4 is 9.62 Å². The van der Waals surface area contributed by atoms with Crippen molar-refractivity contribution >= 4 is 27.5 Å². The number of benzene rings is 2. The number of halogens is 1. The van der Waals surface area contributed by atoms with E-state index in [0.29, 0.717) is 6.42 Å². The SMILES string of the molecule is CCC(C(=O)NC1CCCC1)N(Cc1ccccc1C)C(=O)CN(c1ccccc1F)S(C)(=O)=O. The lowest BCUT2D eigenvalue weighted by atomic mass is 10.1. The molecule has 1 N–H and O–H groups in total. The number of para-hydroxylation sites is 1. The smallest absolute Gasteiger partial charge is 0.244 e. The molecular formula is C26H34FN3O4S. The van der Waals surface area contributed by atoms with Crippen LogP contribution in [0.2, 0.25) is 0 Å². The molecular weight excluding hydrogens is 469 g/mol. The van der Waals surface area contributed by atoms with Crippen molar-refractivity contribution in [3.8, 4) is 0 Å². The summed E-state index contributed by atoms with van der Waals surface area (Å²) in [6.45, 7) is 3.26. The Hall–Kier alpha value is -2.94. The van der Waals surface area contributed by atoms with Crippen molar-refractivity contribution in [2.45, 2.75) is 64.6 Å². The van der Waals surface area contributed by atoms with Crippen LogP contribution in [0.1, 0.15) is 50.2 Å². The third kappa shape index (κ3) is 6.81. The van der Waals surface area contributed by atoms with Gasteiger partial charge in [0.2, 0.25) is 21.8 Å². The average Bonchev–Trinajstić information content (AvgIpc) is 3.31. The predicted octanol–water partition coefficient (Wildman–Crippen LogP) is 3.77. The monoisotopic (exact) mass is 503 g/mol. The van der Waals surface area contributed by atoms with Crippen LogP contribution in [0, 0.1) is 12.7 Å². The van der Waals surface area contributed by atoms with Crippen molar-refractivity contribution in [1.82, 2.24) is 10.2 Å². The second-order valence-electron chi connectivity index (χ2n) is 9.08. The van der Waals surface area contributed by atoms with Crippen molar-refractivity contribution in [3.05, 3.63) is 65.5 Å². The fourth-order valence-corrected chi connectivity index (χ4v) is 5.36. The number of hydrogen-bond donors (Lipinski definition) is 1. The minimum absolute atomic E-state index is 0.0814. The summed E-state index contributed by atoms with van der Waals surface area (Å²) < 4.78 is 40.4. The highest BCUT2D eigenvalue weighted by atomic mass is 32.2. The first-order valence-corrected chi connectivity index (χ1v) is 13.8. The largest absolute Gasteiger partial charge is 0.352 e. The van der Waals surface area contributed by atoms with Crippen LogP contribution in [0.25, 0.3) is 0 Å². The summed E-state index contributed by atoms with van der Waals surface area (Å²) in [4.78, 5) is 28.3. The summed E-state index contributed by atoms with van der Waals surface area (Å²) in [5.41, 5.74) is 1.60. The second kappa shape index (κ2) is 11.7. The highest BCUT2D eigenvalue weighted by Gasteiger charge is 2.33. The molecule has 0 radical (unpaired) electrons. The molecule has 0 aromatic heterocycles. The number of amides is 2. The quantitative estimate of drug-likeness (QED) is 0.535. The Labute approximate surface area is 207 Å². The standard InChI is InChI=1S/C26H34FN3O4S/c1-4-23(26(32)28-21-13-7-8-14-21)29(17-20-12-6-5-11-19(20)2)25(31)18-30(35(3,33)34)24-16-10-9-15-22(24)27/h5-6,9-12,15-16,21,23H,4,7-8,13-14,17-18H2,1-3H3,(H,28,32). The summed E-state index contributed by atoms with van der Waals surface area (Å²) in [5.74, 6) is -1.57. The molecule has 1 aliphatic rings. The predicted molar refractivity (Wildman–Crippen MR) is 135 cm³/mol. The first kappa shape index (κ1) is 26.7. The first-order valence-electron chi connectivity index (χ1n) is 12.0. The Balaban J connectivity index is 1.94. The highest BCUT2D eigenvalue weighted by molar-refractivity contribution is 7.92. The molecule has 1 unspecified atom stereocenters. The third-order valence-electron chi connectivity index (χ3n) is 6.49. The molecule has 190 valence electrons. The fourth-order valence-electron chi connectivity index (χ4n) is 4.51. The molecule has 1 atom stereocenters. The van der Waals surface area contributed by atoms with E-state index in [-0.39, 0.29) is 24.2 Å². The number of carbonyl (C=O) groups excluding carboxylic acids is 2. The number of hydrogen-bond acceptors (Lipinski definition) is 4. The minimum atomic E-state index is -3.98. The van der Waals surface area contributed by atoms with Gasteiger partial charge in [-0.1, -0.05) is 56.2 Å². The van der Waals surface area contributed by atoms with Crippen LogP contribution in [-0.4, -0.2) is 50.0 Å². The molecule has 2 aromatic carbocycles. The molecule has 9 heteroatoms. The molecule has 1 saturated carbocycles. The molecule has 0 saturated heterocycles. The van der Waals surface area contributed by atoms with Gasteiger partial charge in [-0.2, -0.15) is 0 Å². The molecule has 3 rings (SSSR count). The molecule has 0 aliphatic heterocycles. The Morgan fingerprint density at radius 1 is 1.09 bits per heavy atom. The lowest BCUT2D eigenvalue weighted by Crippen LogP contribution is -2.53. The van der Waals surface area contributed by atoms with Gasteiger partial charge in [-0.25, -0.2) is 12.8 Å². The minimum Gasteiger partial charge on any atom is -0.352 e. The average molecular weight is 504 g/mol. The Morgan fingerprint density at radius 3 is 2.31 bits per heavy atom. The van der Waals surface area contributed by atoms with Gasteiger partial charge < -0.3 is 10.2 Å². The number of nitrogens with one attached hydrogen (secondary N) is 1. The molecule has 2 amide bonds. The van der Waals surface area contributed by atoms with Gasteiger partial charge in [0.05, 0.1) is 11.9 Å². The van der Waals surface area contributed by atoms with E-state index in [4.69, 9.17) is 0 Å². The molecule has 0 spiro atoms. The van der Waals surface area contributed by atoms with Crippen molar-refractivity contribution in [1.29, 1.82) is 0 Å². The van der Waals surface area contributed by atoms with Gasteiger partial charge in [-0.3, -0.25) is 13.9 Å². The van der Waals surface area contributed by atoms with Crippen molar-refractivity contribution in [3.63, 3.8) is 0 Å². The van der Waals surface area contributed by atoms with Crippen LogP contribution in [0.4, 0.5) is 10.1 Å². The maximum atomic E-state index is 14.5. The summed E-state index contributed by atoms with van der Waals surface area (Å²) >= 11 is 0. The van der Waals surface area contributed by atoms with E-state index < -0.39 is 34.3 Å². The molecule has 1 aliphatic carbocycles. The zero-order valence-corrected chi connectivity index (χ0v) is 21.4. The number of sulfonamides is 1. The Bertz CT molecular complexity index is 1150. The molecule has 35 heavy (non-hydrogen) atoms.